The summed E-state index contributed by atoms with van der Waals surface area (Å²) in [6, 6.07) is 5.36. The lowest BCUT2D eigenvalue weighted by Crippen LogP contribution is -2.42. The monoisotopic (exact) mass is 333 g/mol. The molecule has 21 heavy (non-hydrogen) atoms. The predicted molar refractivity (Wildman–Crippen MR) is 82.1 cm³/mol. The van der Waals surface area contributed by atoms with Gasteiger partial charge in [0.2, 0.25) is 10.0 Å². The van der Waals surface area contributed by atoms with Crippen molar-refractivity contribution in [1.29, 1.82) is 0 Å². The summed E-state index contributed by atoms with van der Waals surface area (Å²) in [5, 5.41) is 5.87. The second kappa shape index (κ2) is 6.52. The number of hydrogen-bond acceptors (Lipinski definition) is 4. The van der Waals surface area contributed by atoms with E-state index in [1.165, 1.54) is 0 Å². The molecule has 5 nitrogen and oxygen atoms in total. The Balaban J connectivity index is 2.12. The summed E-state index contributed by atoms with van der Waals surface area (Å²) in [6.07, 6.45) is 1.24. The highest BCUT2D eigenvalue weighted by atomic mass is 35.5. The maximum absolute atomic E-state index is 11.5. The summed E-state index contributed by atoms with van der Waals surface area (Å²) in [5.41, 5.74) is 0.429. The summed E-state index contributed by atoms with van der Waals surface area (Å²) >= 11 is 5.91. The SMILES string of the molecule is Cc1cc(Cl)ccc1OCC1(CS(N)(=O)=O)CCOCC1. The molecule has 1 fully saturated rings. The van der Waals surface area contributed by atoms with Crippen LogP contribution in [-0.4, -0.2) is 34.0 Å². The normalized spacial score (nSPS) is 18.4. The minimum absolute atomic E-state index is 0.0873. The molecule has 0 spiro atoms. The Labute approximate surface area is 130 Å². The maximum Gasteiger partial charge on any atom is 0.209 e. The van der Waals surface area contributed by atoms with Crippen molar-refractivity contribution >= 4 is 21.6 Å². The third-order valence-electron chi connectivity index (χ3n) is 3.73. The fourth-order valence-electron chi connectivity index (χ4n) is 2.57. The predicted octanol–water partition coefficient (Wildman–Crippen LogP) is 2.11. The molecule has 1 saturated heterocycles. The minimum Gasteiger partial charge on any atom is -0.493 e. The summed E-state index contributed by atoms with van der Waals surface area (Å²) in [5.74, 6) is 0.621. The van der Waals surface area contributed by atoms with E-state index in [1.54, 1.807) is 12.1 Å². The summed E-state index contributed by atoms with van der Waals surface area (Å²) in [6.45, 7) is 3.25. The lowest BCUT2D eigenvalue weighted by molar-refractivity contribution is 0.00198. The van der Waals surface area contributed by atoms with Gasteiger partial charge >= 0.3 is 0 Å². The van der Waals surface area contributed by atoms with Gasteiger partial charge in [-0.05, 0) is 43.5 Å². The van der Waals surface area contributed by atoms with E-state index in [9.17, 15) is 8.42 Å². The molecule has 0 aromatic heterocycles. The molecule has 1 aliphatic heterocycles. The van der Waals surface area contributed by atoms with Crippen molar-refractivity contribution in [1.82, 2.24) is 0 Å². The quantitative estimate of drug-likeness (QED) is 0.895. The maximum atomic E-state index is 11.5. The molecule has 118 valence electrons. The second-order valence-corrected chi connectivity index (χ2v) is 7.67. The minimum atomic E-state index is -3.56. The number of rotatable bonds is 5. The average Bonchev–Trinajstić information content (AvgIpc) is 2.37. The van der Waals surface area contributed by atoms with Crippen LogP contribution in [-0.2, 0) is 14.8 Å². The van der Waals surface area contributed by atoms with Crippen LogP contribution < -0.4 is 9.88 Å². The van der Waals surface area contributed by atoms with Crippen LogP contribution in [0.2, 0.25) is 5.02 Å². The van der Waals surface area contributed by atoms with Gasteiger partial charge in [-0.25, -0.2) is 13.6 Å². The molecule has 7 heteroatoms. The standard InChI is InChI=1S/C14H20ClNO4S/c1-11-8-12(15)2-3-13(11)20-9-14(10-21(16,17)18)4-6-19-7-5-14/h2-3,8H,4-7,9-10H2,1H3,(H2,16,17,18). The molecule has 0 aliphatic carbocycles. The largest absolute Gasteiger partial charge is 0.493 e. The number of halogens is 1. The molecule has 1 heterocycles. The van der Waals surface area contributed by atoms with E-state index in [1.807, 2.05) is 13.0 Å². The van der Waals surface area contributed by atoms with Crippen LogP contribution in [0.3, 0.4) is 0 Å². The van der Waals surface area contributed by atoms with E-state index in [-0.39, 0.29) is 5.75 Å². The lowest BCUT2D eigenvalue weighted by Gasteiger charge is -2.36. The number of primary sulfonamides is 1. The first kappa shape index (κ1) is 16.5. The van der Waals surface area contributed by atoms with Crippen molar-refractivity contribution in [2.75, 3.05) is 25.6 Å². The van der Waals surface area contributed by atoms with Crippen molar-refractivity contribution in [2.24, 2.45) is 10.6 Å². The van der Waals surface area contributed by atoms with Crippen LogP contribution >= 0.6 is 11.6 Å². The van der Waals surface area contributed by atoms with Crippen LogP contribution in [0.5, 0.6) is 5.75 Å². The van der Waals surface area contributed by atoms with Crippen LogP contribution in [0.15, 0.2) is 18.2 Å². The van der Waals surface area contributed by atoms with E-state index in [0.29, 0.717) is 43.4 Å². The number of nitrogens with two attached hydrogens (primary N) is 1. The Kier molecular flexibility index (Phi) is 5.14. The summed E-state index contributed by atoms with van der Waals surface area (Å²) in [7, 11) is -3.56. The smallest absolute Gasteiger partial charge is 0.209 e. The van der Waals surface area contributed by atoms with Gasteiger partial charge in [-0.15, -0.1) is 0 Å². The average molecular weight is 334 g/mol. The molecule has 1 aromatic rings. The van der Waals surface area contributed by atoms with E-state index in [0.717, 1.165) is 5.56 Å². The summed E-state index contributed by atoms with van der Waals surface area (Å²) in [4.78, 5) is 0. The van der Waals surface area contributed by atoms with Crippen LogP contribution in [0, 0.1) is 12.3 Å². The van der Waals surface area contributed by atoms with Gasteiger partial charge in [0, 0.05) is 23.7 Å². The Morgan fingerprint density at radius 1 is 1.38 bits per heavy atom. The van der Waals surface area contributed by atoms with Gasteiger partial charge in [0.1, 0.15) is 5.75 Å². The molecule has 2 rings (SSSR count). The molecule has 0 bridgehead atoms. The first-order valence-electron chi connectivity index (χ1n) is 6.77. The van der Waals surface area contributed by atoms with Crippen molar-refractivity contribution in [3.05, 3.63) is 28.8 Å². The van der Waals surface area contributed by atoms with Gasteiger partial charge in [-0.1, -0.05) is 11.6 Å². The molecule has 0 atom stereocenters. The topological polar surface area (TPSA) is 78.6 Å². The molecule has 1 aliphatic rings. The first-order valence-corrected chi connectivity index (χ1v) is 8.86. The highest BCUT2D eigenvalue weighted by Crippen LogP contribution is 2.33. The van der Waals surface area contributed by atoms with Crippen LogP contribution in [0.4, 0.5) is 0 Å². The summed E-state index contributed by atoms with van der Waals surface area (Å²) < 4.78 is 34.2. The highest BCUT2D eigenvalue weighted by molar-refractivity contribution is 7.89. The van der Waals surface area contributed by atoms with Crippen LogP contribution in [0.25, 0.3) is 0 Å². The van der Waals surface area contributed by atoms with Gasteiger partial charge < -0.3 is 9.47 Å². The van der Waals surface area contributed by atoms with Crippen LogP contribution in [0.1, 0.15) is 18.4 Å². The number of benzene rings is 1. The first-order chi connectivity index (χ1) is 9.80. The lowest BCUT2D eigenvalue weighted by atomic mass is 9.83. The van der Waals surface area contributed by atoms with Crippen molar-refractivity contribution in [2.45, 2.75) is 19.8 Å². The molecule has 0 saturated carbocycles. The Hall–Kier alpha value is -0.820. The van der Waals surface area contributed by atoms with E-state index < -0.39 is 15.4 Å². The zero-order chi connectivity index (χ0) is 15.5. The number of aryl methyl sites for hydroxylation is 1. The zero-order valence-electron chi connectivity index (χ0n) is 12.0. The second-order valence-electron chi connectivity index (χ2n) is 5.62. The van der Waals surface area contributed by atoms with Crippen molar-refractivity contribution < 1.29 is 17.9 Å². The number of ether oxygens (including phenoxy) is 2. The molecule has 0 amide bonds. The third kappa shape index (κ3) is 4.85. The Bertz CT molecular complexity index is 597. The Morgan fingerprint density at radius 2 is 2.05 bits per heavy atom. The molecular formula is C14H20ClNO4S. The molecule has 2 N–H and O–H groups in total. The van der Waals surface area contributed by atoms with Crippen molar-refractivity contribution in [3.63, 3.8) is 0 Å². The zero-order valence-corrected chi connectivity index (χ0v) is 13.5. The molecule has 0 radical (unpaired) electrons. The Morgan fingerprint density at radius 3 is 2.62 bits per heavy atom. The van der Waals surface area contributed by atoms with Gasteiger partial charge in [0.15, 0.2) is 0 Å². The van der Waals surface area contributed by atoms with Gasteiger partial charge in [-0.2, -0.15) is 0 Å². The number of sulfonamides is 1. The van der Waals surface area contributed by atoms with Gasteiger partial charge in [-0.3, -0.25) is 0 Å². The van der Waals surface area contributed by atoms with Gasteiger partial charge in [0.05, 0.1) is 12.4 Å². The fourth-order valence-corrected chi connectivity index (χ4v) is 4.02. The third-order valence-corrected chi connectivity index (χ3v) is 4.98. The fraction of sp³-hybridized carbons (Fsp3) is 0.571. The molecule has 0 unspecified atom stereocenters. The van der Waals surface area contributed by atoms with Gasteiger partial charge in [0.25, 0.3) is 0 Å². The van der Waals surface area contributed by atoms with Crippen molar-refractivity contribution in [3.8, 4) is 5.75 Å². The van der Waals surface area contributed by atoms with E-state index >= 15 is 0 Å². The number of hydrogen-bond donors (Lipinski definition) is 1. The molecule has 1 aromatic carbocycles. The van der Waals surface area contributed by atoms with E-state index in [4.69, 9.17) is 26.2 Å². The highest BCUT2D eigenvalue weighted by Gasteiger charge is 2.37. The van der Waals surface area contributed by atoms with E-state index in [2.05, 4.69) is 0 Å². The molecular weight excluding hydrogens is 314 g/mol.